The topological polar surface area (TPSA) is 58.6 Å². The number of ether oxygens (including phenoxy) is 1. The SMILES string of the molecule is CNCc1cc(Cl)cc(S(=O)(=O)N(C)C(C)COC)c1Cl. The molecule has 8 heteroatoms. The molecular formula is C13H20Cl2N2O3S. The minimum Gasteiger partial charge on any atom is -0.383 e. The Morgan fingerprint density at radius 3 is 2.52 bits per heavy atom. The van der Waals surface area contributed by atoms with Gasteiger partial charge >= 0.3 is 0 Å². The summed E-state index contributed by atoms with van der Waals surface area (Å²) in [5.74, 6) is 0. The molecule has 0 fully saturated rings. The Kier molecular flexibility index (Phi) is 6.90. The molecule has 0 heterocycles. The van der Waals surface area contributed by atoms with Crippen LogP contribution in [0.5, 0.6) is 0 Å². The molecule has 0 amide bonds. The summed E-state index contributed by atoms with van der Waals surface area (Å²) in [7, 11) is 1.02. The van der Waals surface area contributed by atoms with Crippen molar-refractivity contribution >= 4 is 33.2 Å². The fraction of sp³-hybridized carbons (Fsp3) is 0.538. The van der Waals surface area contributed by atoms with Crippen LogP contribution in [0.15, 0.2) is 17.0 Å². The average Bonchev–Trinajstić information content (AvgIpc) is 2.41. The van der Waals surface area contributed by atoms with Crippen LogP contribution in [-0.2, 0) is 21.3 Å². The van der Waals surface area contributed by atoms with Gasteiger partial charge in [0.2, 0.25) is 10.0 Å². The summed E-state index contributed by atoms with van der Waals surface area (Å²) >= 11 is 12.2. The van der Waals surface area contributed by atoms with E-state index in [9.17, 15) is 8.42 Å². The zero-order valence-electron chi connectivity index (χ0n) is 12.5. The lowest BCUT2D eigenvalue weighted by Crippen LogP contribution is -2.38. The second kappa shape index (κ2) is 7.76. The van der Waals surface area contributed by atoms with Crippen LogP contribution >= 0.6 is 23.2 Å². The maximum absolute atomic E-state index is 12.7. The zero-order valence-corrected chi connectivity index (χ0v) is 14.8. The number of rotatable bonds is 7. The third-order valence-electron chi connectivity index (χ3n) is 3.13. The van der Waals surface area contributed by atoms with Crippen LogP contribution in [-0.4, -0.2) is 46.6 Å². The van der Waals surface area contributed by atoms with Crippen LogP contribution in [0.1, 0.15) is 12.5 Å². The van der Waals surface area contributed by atoms with E-state index < -0.39 is 10.0 Å². The first kappa shape index (κ1) is 18.7. The predicted molar refractivity (Wildman–Crippen MR) is 85.5 cm³/mol. The third-order valence-corrected chi connectivity index (χ3v) is 5.90. The van der Waals surface area contributed by atoms with E-state index in [1.165, 1.54) is 24.5 Å². The quantitative estimate of drug-likeness (QED) is 0.816. The van der Waals surface area contributed by atoms with Gasteiger partial charge in [-0.1, -0.05) is 23.2 Å². The first-order valence-corrected chi connectivity index (χ1v) is 8.54. The van der Waals surface area contributed by atoms with E-state index in [1.807, 2.05) is 0 Å². The Balaban J connectivity index is 3.31. The summed E-state index contributed by atoms with van der Waals surface area (Å²) < 4.78 is 31.6. The van der Waals surface area contributed by atoms with Crippen molar-refractivity contribution in [3.63, 3.8) is 0 Å². The van der Waals surface area contributed by atoms with Crippen LogP contribution in [0.4, 0.5) is 0 Å². The minimum atomic E-state index is -3.75. The van der Waals surface area contributed by atoms with Gasteiger partial charge in [-0.25, -0.2) is 8.42 Å². The normalized spacial score (nSPS) is 13.7. The lowest BCUT2D eigenvalue weighted by Gasteiger charge is -2.24. The summed E-state index contributed by atoms with van der Waals surface area (Å²) in [6, 6.07) is 2.70. The lowest BCUT2D eigenvalue weighted by molar-refractivity contribution is 0.149. The van der Waals surface area contributed by atoms with Crippen LogP contribution in [0.2, 0.25) is 10.0 Å². The van der Waals surface area contributed by atoms with E-state index in [-0.39, 0.29) is 22.6 Å². The molecule has 120 valence electrons. The van der Waals surface area contributed by atoms with Crippen molar-refractivity contribution in [3.05, 3.63) is 27.7 Å². The largest absolute Gasteiger partial charge is 0.383 e. The number of likely N-dealkylation sites (N-methyl/N-ethyl adjacent to an activating group) is 1. The molecule has 0 bridgehead atoms. The highest BCUT2D eigenvalue weighted by atomic mass is 35.5. The summed E-state index contributed by atoms with van der Waals surface area (Å²) in [5.41, 5.74) is 0.637. The Bertz CT molecular complexity index is 593. The maximum atomic E-state index is 12.7. The fourth-order valence-electron chi connectivity index (χ4n) is 1.86. The molecule has 5 nitrogen and oxygen atoms in total. The molecule has 0 saturated heterocycles. The number of hydrogen-bond donors (Lipinski definition) is 1. The summed E-state index contributed by atoms with van der Waals surface area (Å²) in [6.45, 7) is 2.48. The van der Waals surface area contributed by atoms with Crippen LogP contribution in [0, 0.1) is 0 Å². The van der Waals surface area contributed by atoms with E-state index >= 15 is 0 Å². The molecule has 1 aromatic rings. The van der Waals surface area contributed by atoms with Crippen molar-refractivity contribution in [2.45, 2.75) is 24.4 Å². The molecule has 0 spiro atoms. The van der Waals surface area contributed by atoms with Crippen molar-refractivity contribution in [2.75, 3.05) is 27.8 Å². The van der Waals surface area contributed by atoms with E-state index in [0.29, 0.717) is 17.1 Å². The van der Waals surface area contributed by atoms with Gasteiger partial charge < -0.3 is 10.1 Å². The number of methoxy groups -OCH3 is 1. The van der Waals surface area contributed by atoms with E-state index in [4.69, 9.17) is 27.9 Å². The number of nitrogens with one attached hydrogen (secondary N) is 1. The first-order chi connectivity index (χ1) is 9.75. The van der Waals surface area contributed by atoms with Gasteiger partial charge in [0, 0.05) is 31.8 Å². The van der Waals surface area contributed by atoms with Gasteiger partial charge in [0.25, 0.3) is 0 Å². The first-order valence-electron chi connectivity index (χ1n) is 6.35. The average molecular weight is 355 g/mol. The monoisotopic (exact) mass is 354 g/mol. The van der Waals surface area contributed by atoms with Crippen molar-refractivity contribution in [1.82, 2.24) is 9.62 Å². The van der Waals surface area contributed by atoms with Crippen LogP contribution in [0.25, 0.3) is 0 Å². The Hall–Kier alpha value is -0.370. The molecule has 1 aromatic carbocycles. The summed E-state index contributed by atoms with van der Waals surface area (Å²) in [5, 5.41) is 3.45. The fourth-order valence-corrected chi connectivity index (χ4v) is 4.12. The van der Waals surface area contributed by atoms with Gasteiger partial charge in [-0.15, -0.1) is 0 Å². The van der Waals surface area contributed by atoms with Crippen molar-refractivity contribution < 1.29 is 13.2 Å². The molecule has 1 N–H and O–H groups in total. The lowest BCUT2D eigenvalue weighted by atomic mass is 10.2. The molecule has 0 aliphatic rings. The van der Waals surface area contributed by atoms with Gasteiger partial charge in [0.15, 0.2) is 0 Å². The van der Waals surface area contributed by atoms with Gasteiger partial charge in [-0.3, -0.25) is 0 Å². The second-order valence-electron chi connectivity index (χ2n) is 4.73. The number of hydrogen-bond acceptors (Lipinski definition) is 4. The van der Waals surface area contributed by atoms with Crippen LogP contribution < -0.4 is 5.32 Å². The van der Waals surface area contributed by atoms with Crippen molar-refractivity contribution in [1.29, 1.82) is 0 Å². The molecule has 1 unspecified atom stereocenters. The Labute approximate surface area is 136 Å². The number of nitrogens with zero attached hydrogens (tertiary/aromatic N) is 1. The second-order valence-corrected chi connectivity index (χ2v) is 7.51. The zero-order chi connectivity index (χ0) is 16.2. The van der Waals surface area contributed by atoms with Gasteiger partial charge in [-0.05, 0) is 31.7 Å². The highest BCUT2D eigenvalue weighted by Crippen LogP contribution is 2.31. The number of benzene rings is 1. The minimum absolute atomic E-state index is 0.00682. The van der Waals surface area contributed by atoms with Gasteiger partial charge in [-0.2, -0.15) is 4.31 Å². The Morgan fingerprint density at radius 2 is 2.00 bits per heavy atom. The molecule has 0 saturated carbocycles. The standard InChI is InChI=1S/C13H20Cl2N2O3S/c1-9(8-20-4)17(3)21(18,19)12-6-11(14)5-10(7-16-2)13(12)15/h5-6,9,16H,7-8H2,1-4H3. The molecular weight excluding hydrogens is 335 g/mol. The molecule has 1 atom stereocenters. The number of sulfonamides is 1. The van der Waals surface area contributed by atoms with Gasteiger partial charge in [0.05, 0.1) is 11.6 Å². The van der Waals surface area contributed by atoms with Crippen LogP contribution in [0.3, 0.4) is 0 Å². The molecule has 21 heavy (non-hydrogen) atoms. The van der Waals surface area contributed by atoms with Crippen molar-refractivity contribution in [3.8, 4) is 0 Å². The van der Waals surface area contributed by atoms with E-state index in [1.54, 1.807) is 20.0 Å². The predicted octanol–water partition coefficient (Wildman–Crippen LogP) is 2.37. The summed E-state index contributed by atoms with van der Waals surface area (Å²) in [4.78, 5) is 0.00682. The molecule has 0 radical (unpaired) electrons. The highest BCUT2D eigenvalue weighted by Gasteiger charge is 2.28. The smallest absolute Gasteiger partial charge is 0.244 e. The highest BCUT2D eigenvalue weighted by molar-refractivity contribution is 7.89. The molecule has 0 aliphatic carbocycles. The molecule has 0 aromatic heterocycles. The molecule has 0 aliphatic heterocycles. The third kappa shape index (κ3) is 4.31. The van der Waals surface area contributed by atoms with Crippen molar-refractivity contribution in [2.24, 2.45) is 0 Å². The maximum Gasteiger partial charge on any atom is 0.244 e. The number of halogens is 2. The van der Waals surface area contributed by atoms with E-state index in [0.717, 1.165) is 0 Å². The molecule has 1 rings (SSSR count). The van der Waals surface area contributed by atoms with Gasteiger partial charge in [0.1, 0.15) is 4.90 Å². The van der Waals surface area contributed by atoms with E-state index in [2.05, 4.69) is 5.32 Å². The summed E-state index contributed by atoms with van der Waals surface area (Å²) in [6.07, 6.45) is 0. The Morgan fingerprint density at radius 1 is 1.38 bits per heavy atom.